The predicted octanol–water partition coefficient (Wildman–Crippen LogP) is 1.61. The highest BCUT2D eigenvalue weighted by atomic mass is 35.5. The van der Waals surface area contributed by atoms with Crippen molar-refractivity contribution in [1.82, 2.24) is 9.80 Å². The van der Waals surface area contributed by atoms with Crippen LogP contribution in [0.25, 0.3) is 0 Å². The van der Waals surface area contributed by atoms with Gasteiger partial charge in [0.2, 0.25) is 5.91 Å². The van der Waals surface area contributed by atoms with E-state index in [0.717, 1.165) is 6.42 Å². The van der Waals surface area contributed by atoms with Crippen molar-refractivity contribution in [2.24, 2.45) is 0 Å². The smallest absolute Gasteiger partial charge is 0.256 e. The largest absolute Gasteiger partial charge is 0.398 e. The molecule has 0 aromatic heterocycles. The second kappa shape index (κ2) is 5.71. The van der Waals surface area contributed by atoms with Crippen molar-refractivity contribution in [3.63, 3.8) is 0 Å². The number of carbonyl (C=O) groups is 2. The fraction of sp³-hybridized carbons (Fsp3) is 0.429. The van der Waals surface area contributed by atoms with Gasteiger partial charge in [-0.05, 0) is 25.0 Å². The summed E-state index contributed by atoms with van der Waals surface area (Å²) in [7, 11) is 3.38. The summed E-state index contributed by atoms with van der Waals surface area (Å²) in [6.45, 7) is 0.564. The van der Waals surface area contributed by atoms with Crippen LogP contribution in [0.4, 0.5) is 5.69 Å². The number of likely N-dealkylation sites (N-methyl/N-ethyl adjacent to an activating group) is 1. The first-order chi connectivity index (χ1) is 9.43. The minimum atomic E-state index is -0.407. The summed E-state index contributed by atoms with van der Waals surface area (Å²) in [6.07, 6.45) is 1.50. The van der Waals surface area contributed by atoms with E-state index >= 15 is 0 Å². The van der Waals surface area contributed by atoms with Crippen molar-refractivity contribution < 1.29 is 9.59 Å². The average molecular weight is 296 g/mol. The molecular formula is C14H18ClN3O2. The molecule has 1 saturated heterocycles. The molecule has 2 N–H and O–H groups in total. The van der Waals surface area contributed by atoms with E-state index in [1.54, 1.807) is 37.2 Å². The van der Waals surface area contributed by atoms with Gasteiger partial charge in [0.1, 0.15) is 6.04 Å². The Morgan fingerprint density at radius 2 is 2.10 bits per heavy atom. The Bertz CT molecular complexity index is 545. The molecule has 108 valence electrons. The van der Waals surface area contributed by atoms with Crippen LogP contribution in [-0.2, 0) is 4.79 Å². The van der Waals surface area contributed by atoms with Crippen molar-refractivity contribution in [3.05, 3.63) is 28.8 Å². The lowest BCUT2D eigenvalue weighted by Crippen LogP contribution is -2.45. The topological polar surface area (TPSA) is 66.6 Å². The van der Waals surface area contributed by atoms with Gasteiger partial charge in [-0.1, -0.05) is 17.7 Å². The minimum Gasteiger partial charge on any atom is -0.398 e. The Kier molecular flexibility index (Phi) is 4.18. The molecule has 1 atom stereocenters. The van der Waals surface area contributed by atoms with Gasteiger partial charge < -0.3 is 15.5 Å². The molecule has 1 aromatic carbocycles. The van der Waals surface area contributed by atoms with Crippen molar-refractivity contribution in [1.29, 1.82) is 0 Å². The Morgan fingerprint density at radius 1 is 1.40 bits per heavy atom. The van der Waals surface area contributed by atoms with Gasteiger partial charge in [-0.25, -0.2) is 0 Å². The summed E-state index contributed by atoms with van der Waals surface area (Å²) in [5.74, 6) is -0.295. The van der Waals surface area contributed by atoms with Crippen molar-refractivity contribution in [2.75, 3.05) is 26.4 Å². The van der Waals surface area contributed by atoms with Crippen LogP contribution >= 0.6 is 11.6 Å². The number of likely N-dealkylation sites (tertiary alicyclic amines) is 1. The fourth-order valence-corrected chi connectivity index (χ4v) is 2.64. The molecule has 0 spiro atoms. The van der Waals surface area contributed by atoms with Gasteiger partial charge in [0, 0.05) is 20.6 Å². The lowest BCUT2D eigenvalue weighted by atomic mass is 10.1. The maximum Gasteiger partial charge on any atom is 0.256 e. The van der Waals surface area contributed by atoms with Crippen LogP contribution in [0, 0.1) is 0 Å². The van der Waals surface area contributed by atoms with Crippen molar-refractivity contribution in [3.8, 4) is 0 Å². The SMILES string of the molecule is CN(C)C(=O)C1CCCN1C(=O)c1cccc(N)c1Cl. The molecule has 20 heavy (non-hydrogen) atoms. The van der Waals surface area contributed by atoms with Crippen LogP contribution in [-0.4, -0.2) is 48.3 Å². The highest BCUT2D eigenvalue weighted by Gasteiger charge is 2.36. The Balaban J connectivity index is 2.28. The van der Waals surface area contributed by atoms with Gasteiger partial charge in [0.15, 0.2) is 0 Å². The van der Waals surface area contributed by atoms with Crippen molar-refractivity contribution >= 4 is 29.1 Å². The molecule has 0 radical (unpaired) electrons. The van der Waals surface area contributed by atoms with Crippen molar-refractivity contribution in [2.45, 2.75) is 18.9 Å². The molecule has 0 bridgehead atoms. The highest BCUT2D eigenvalue weighted by Crippen LogP contribution is 2.27. The molecule has 6 heteroatoms. The molecule has 1 heterocycles. The molecule has 1 aliphatic heterocycles. The number of carbonyl (C=O) groups excluding carboxylic acids is 2. The van der Waals surface area contributed by atoms with Crippen LogP contribution in [0.2, 0.25) is 5.02 Å². The Labute approximate surface area is 123 Å². The summed E-state index contributed by atoms with van der Waals surface area (Å²) in [4.78, 5) is 27.8. The number of anilines is 1. The van der Waals surface area contributed by atoms with Crippen LogP contribution < -0.4 is 5.73 Å². The van der Waals surface area contributed by atoms with E-state index in [-0.39, 0.29) is 16.8 Å². The zero-order valence-electron chi connectivity index (χ0n) is 11.6. The number of nitrogens with zero attached hydrogens (tertiary/aromatic N) is 2. The van der Waals surface area contributed by atoms with Gasteiger partial charge >= 0.3 is 0 Å². The predicted molar refractivity (Wildman–Crippen MR) is 78.6 cm³/mol. The second-order valence-electron chi connectivity index (χ2n) is 5.10. The number of rotatable bonds is 2. The lowest BCUT2D eigenvalue weighted by molar-refractivity contribution is -0.132. The summed E-state index contributed by atoms with van der Waals surface area (Å²) in [6, 6.07) is 4.56. The molecule has 0 saturated carbocycles. The molecular weight excluding hydrogens is 278 g/mol. The number of benzene rings is 1. The molecule has 2 amide bonds. The average Bonchev–Trinajstić information content (AvgIpc) is 2.89. The highest BCUT2D eigenvalue weighted by molar-refractivity contribution is 6.36. The third-order valence-electron chi connectivity index (χ3n) is 3.50. The molecule has 5 nitrogen and oxygen atoms in total. The fourth-order valence-electron chi connectivity index (χ4n) is 2.43. The number of hydrogen-bond donors (Lipinski definition) is 1. The molecule has 2 rings (SSSR count). The third-order valence-corrected chi connectivity index (χ3v) is 3.92. The monoisotopic (exact) mass is 295 g/mol. The van der Waals surface area contributed by atoms with Crippen LogP contribution in [0.15, 0.2) is 18.2 Å². The van der Waals surface area contributed by atoms with E-state index in [0.29, 0.717) is 24.2 Å². The summed E-state index contributed by atoms with van der Waals surface area (Å²) < 4.78 is 0. The molecule has 1 aliphatic rings. The van der Waals surface area contributed by atoms with E-state index in [2.05, 4.69) is 0 Å². The van der Waals surface area contributed by atoms with Gasteiger partial charge in [-0.2, -0.15) is 0 Å². The summed E-state index contributed by atoms with van der Waals surface area (Å²) >= 11 is 6.09. The minimum absolute atomic E-state index is 0.0594. The van der Waals surface area contributed by atoms with Gasteiger partial charge in [-0.3, -0.25) is 9.59 Å². The number of nitrogens with two attached hydrogens (primary N) is 1. The molecule has 1 unspecified atom stereocenters. The normalized spacial score (nSPS) is 18.1. The van der Waals surface area contributed by atoms with Crippen LogP contribution in [0.1, 0.15) is 23.2 Å². The zero-order chi connectivity index (χ0) is 14.9. The number of hydrogen-bond acceptors (Lipinski definition) is 3. The second-order valence-corrected chi connectivity index (χ2v) is 5.48. The van der Waals surface area contributed by atoms with Crippen LogP contribution in [0.3, 0.4) is 0 Å². The first kappa shape index (κ1) is 14.7. The zero-order valence-corrected chi connectivity index (χ0v) is 12.4. The maximum absolute atomic E-state index is 12.6. The number of amides is 2. The van der Waals surface area contributed by atoms with E-state index in [1.807, 2.05) is 0 Å². The maximum atomic E-state index is 12.6. The third kappa shape index (κ3) is 2.58. The molecule has 1 fully saturated rings. The first-order valence-corrected chi connectivity index (χ1v) is 6.87. The first-order valence-electron chi connectivity index (χ1n) is 6.49. The molecule has 1 aromatic rings. The van der Waals surface area contributed by atoms with E-state index < -0.39 is 6.04 Å². The van der Waals surface area contributed by atoms with Gasteiger partial charge in [-0.15, -0.1) is 0 Å². The quantitative estimate of drug-likeness (QED) is 0.843. The lowest BCUT2D eigenvalue weighted by Gasteiger charge is -2.26. The van der Waals surface area contributed by atoms with Crippen LogP contribution in [0.5, 0.6) is 0 Å². The van der Waals surface area contributed by atoms with Gasteiger partial charge in [0.25, 0.3) is 5.91 Å². The Hall–Kier alpha value is -1.75. The molecule has 0 aliphatic carbocycles. The van der Waals surface area contributed by atoms with E-state index in [9.17, 15) is 9.59 Å². The van der Waals surface area contributed by atoms with E-state index in [4.69, 9.17) is 17.3 Å². The summed E-state index contributed by atoms with van der Waals surface area (Å²) in [5, 5.41) is 0.250. The standard InChI is InChI=1S/C14H18ClN3O2/c1-17(2)14(20)11-7-4-8-18(11)13(19)9-5-3-6-10(16)12(9)15/h3,5-6,11H,4,7-8,16H2,1-2H3. The Morgan fingerprint density at radius 3 is 2.75 bits per heavy atom. The van der Waals surface area contributed by atoms with Gasteiger partial charge in [0.05, 0.1) is 16.3 Å². The summed E-state index contributed by atoms with van der Waals surface area (Å²) in [5.41, 5.74) is 6.44. The number of halogens is 1. The number of nitrogen functional groups attached to an aromatic ring is 1. The van der Waals surface area contributed by atoms with E-state index in [1.165, 1.54) is 4.90 Å².